The van der Waals surface area contributed by atoms with Crippen molar-refractivity contribution in [3.05, 3.63) is 0 Å². The molecule has 146 valence electrons. The molecule has 0 rings (SSSR count). The van der Waals surface area contributed by atoms with E-state index in [0.29, 0.717) is 26.1 Å². The number of carboxylic acids is 1. The molecule has 0 radical (unpaired) electrons. The Hall–Kier alpha value is -0.374. The number of carbonyl (C=O) groups is 2. The molecule has 7 heteroatoms. The van der Waals surface area contributed by atoms with E-state index >= 15 is 0 Å². The maximum atomic E-state index is 11.7. The summed E-state index contributed by atoms with van der Waals surface area (Å²) in [6.07, 6.45) is 11.6. The first-order chi connectivity index (χ1) is 11.6. The van der Waals surface area contributed by atoms with Gasteiger partial charge in [0.05, 0.1) is 13.2 Å². The Morgan fingerprint density at radius 2 is 1.48 bits per heavy atom. The van der Waals surface area contributed by atoms with Gasteiger partial charge in [-0.3, -0.25) is 14.5 Å². The van der Waals surface area contributed by atoms with Gasteiger partial charge < -0.3 is 15.5 Å². The highest BCUT2D eigenvalue weighted by Gasteiger charge is 2.09. The minimum Gasteiger partial charge on any atom is -0.480 e. The lowest BCUT2D eigenvalue weighted by Gasteiger charge is -2.19. The number of aliphatic carboxylic acids is 1. The lowest BCUT2D eigenvalue weighted by Crippen LogP contribution is -2.39. The third kappa shape index (κ3) is 19.8. The highest BCUT2D eigenvalue weighted by Crippen LogP contribution is 2.10. The fraction of sp³-hybridized carbons (Fsp3) is 0.889. The molecule has 0 aromatic heterocycles. The summed E-state index contributed by atoms with van der Waals surface area (Å²) in [5, 5.41) is 20.5. The fourth-order valence-electron chi connectivity index (χ4n) is 2.64. The van der Waals surface area contributed by atoms with Crippen molar-refractivity contribution in [3.8, 4) is 0 Å². The Kier molecular flexibility index (Phi) is 21.4. The summed E-state index contributed by atoms with van der Waals surface area (Å²) in [6, 6.07) is 0. The molecule has 1 amide bonds. The molecule has 0 saturated heterocycles. The third-order valence-electron chi connectivity index (χ3n) is 4.03. The standard InChI is InChI=1S/C18H36N2O4.Mg.2H/c1-2-3-4-5-6-7-8-9-10-11-17(22)19-12-13-20(14-15-21)16-18(23)24;;;/h21H,2-16H2,1H3,(H,19,22)(H,23,24);;;. The third-order valence-corrected chi connectivity index (χ3v) is 4.03. The smallest absolute Gasteiger partial charge is 0.317 e. The van der Waals surface area contributed by atoms with Gasteiger partial charge in [-0.1, -0.05) is 58.3 Å². The van der Waals surface area contributed by atoms with Crippen LogP contribution in [0.1, 0.15) is 71.1 Å². The van der Waals surface area contributed by atoms with Gasteiger partial charge in [0.2, 0.25) is 5.91 Å². The molecule has 0 aliphatic heterocycles. The van der Waals surface area contributed by atoms with Crippen molar-refractivity contribution in [2.75, 3.05) is 32.8 Å². The number of hydrogen-bond acceptors (Lipinski definition) is 4. The van der Waals surface area contributed by atoms with Crippen LogP contribution in [0, 0.1) is 0 Å². The maximum absolute atomic E-state index is 11.7. The number of nitrogens with one attached hydrogen (secondary N) is 1. The van der Waals surface area contributed by atoms with Crippen LogP contribution in [-0.2, 0) is 9.59 Å². The Balaban J connectivity index is 0. The van der Waals surface area contributed by atoms with E-state index in [1.807, 2.05) is 0 Å². The molecule has 0 saturated carbocycles. The van der Waals surface area contributed by atoms with Crippen molar-refractivity contribution in [2.45, 2.75) is 71.1 Å². The van der Waals surface area contributed by atoms with Crippen molar-refractivity contribution >= 4 is 34.9 Å². The Morgan fingerprint density at radius 3 is 2.00 bits per heavy atom. The molecule has 6 nitrogen and oxygen atoms in total. The molecule has 25 heavy (non-hydrogen) atoms. The molecule has 0 heterocycles. The minimum absolute atomic E-state index is 0. The zero-order valence-electron chi connectivity index (χ0n) is 15.3. The Labute approximate surface area is 168 Å². The largest absolute Gasteiger partial charge is 0.480 e. The lowest BCUT2D eigenvalue weighted by atomic mass is 10.1. The second-order valence-corrected chi connectivity index (χ2v) is 6.32. The number of carbonyl (C=O) groups excluding carboxylic acids is 1. The van der Waals surface area contributed by atoms with E-state index in [1.165, 1.54) is 44.9 Å². The predicted molar refractivity (Wildman–Crippen MR) is 105 cm³/mol. The van der Waals surface area contributed by atoms with Gasteiger partial charge in [0.25, 0.3) is 0 Å². The van der Waals surface area contributed by atoms with Crippen molar-refractivity contribution < 1.29 is 19.8 Å². The Morgan fingerprint density at radius 1 is 0.920 bits per heavy atom. The first-order valence-electron chi connectivity index (χ1n) is 9.41. The van der Waals surface area contributed by atoms with Gasteiger partial charge in [0.1, 0.15) is 0 Å². The summed E-state index contributed by atoms with van der Waals surface area (Å²) in [5.41, 5.74) is 0. The topological polar surface area (TPSA) is 89.9 Å². The number of rotatable bonds is 17. The second kappa shape index (κ2) is 19.9. The first-order valence-corrected chi connectivity index (χ1v) is 9.41. The van der Waals surface area contributed by atoms with E-state index in [1.54, 1.807) is 4.90 Å². The van der Waals surface area contributed by atoms with Gasteiger partial charge in [-0.15, -0.1) is 0 Å². The SMILES string of the molecule is CCCCCCCCCCCC(=O)NCCN(CCO)CC(=O)O.[MgH2]. The summed E-state index contributed by atoms with van der Waals surface area (Å²) in [6.45, 7) is 3.19. The van der Waals surface area contributed by atoms with Gasteiger partial charge in [0.15, 0.2) is 0 Å². The second-order valence-electron chi connectivity index (χ2n) is 6.32. The minimum atomic E-state index is -0.926. The van der Waals surface area contributed by atoms with Crippen molar-refractivity contribution in [3.63, 3.8) is 0 Å². The summed E-state index contributed by atoms with van der Waals surface area (Å²) in [5.74, 6) is -0.901. The van der Waals surface area contributed by atoms with E-state index in [-0.39, 0.29) is 42.1 Å². The molecule has 0 atom stereocenters. The van der Waals surface area contributed by atoms with Crippen LogP contribution >= 0.6 is 0 Å². The van der Waals surface area contributed by atoms with Crippen LogP contribution in [0.3, 0.4) is 0 Å². The molecule has 3 N–H and O–H groups in total. The molecule has 0 bridgehead atoms. The quantitative estimate of drug-likeness (QED) is 0.266. The fourth-order valence-corrected chi connectivity index (χ4v) is 2.64. The molecule has 0 aliphatic carbocycles. The van der Waals surface area contributed by atoms with Crippen molar-refractivity contribution in [1.29, 1.82) is 0 Å². The molecule has 0 spiro atoms. The van der Waals surface area contributed by atoms with Gasteiger partial charge in [0, 0.05) is 26.1 Å². The van der Waals surface area contributed by atoms with Crippen LogP contribution < -0.4 is 5.32 Å². The zero-order valence-corrected chi connectivity index (χ0v) is 15.3. The van der Waals surface area contributed by atoms with Crippen LogP contribution in [-0.4, -0.2) is 82.8 Å². The number of carboxylic acid groups (broad SMARTS) is 1. The zero-order chi connectivity index (χ0) is 18.0. The summed E-state index contributed by atoms with van der Waals surface area (Å²) >= 11 is 0. The number of hydrogen-bond donors (Lipinski definition) is 3. The summed E-state index contributed by atoms with van der Waals surface area (Å²) in [7, 11) is 0. The molecule has 0 aromatic carbocycles. The van der Waals surface area contributed by atoms with Gasteiger partial charge in [-0.2, -0.15) is 0 Å². The predicted octanol–water partition coefficient (Wildman–Crippen LogP) is 1.49. The van der Waals surface area contributed by atoms with E-state index in [2.05, 4.69) is 12.2 Å². The lowest BCUT2D eigenvalue weighted by molar-refractivity contribution is -0.138. The molecule has 0 fully saturated rings. The monoisotopic (exact) mass is 370 g/mol. The first kappa shape index (κ1) is 26.9. The van der Waals surface area contributed by atoms with Crippen LogP contribution in [0.15, 0.2) is 0 Å². The highest BCUT2D eigenvalue weighted by molar-refractivity contribution is 5.76. The van der Waals surface area contributed by atoms with Crippen LogP contribution in [0.4, 0.5) is 0 Å². The van der Waals surface area contributed by atoms with Crippen LogP contribution in [0.5, 0.6) is 0 Å². The number of nitrogens with zero attached hydrogens (tertiary/aromatic N) is 1. The van der Waals surface area contributed by atoms with Crippen molar-refractivity contribution in [1.82, 2.24) is 10.2 Å². The van der Waals surface area contributed by atoms with E-state index in [9.17, 15) is 9.59 Å². The highest BCUT2D eigenvalue weighted by atomic mass is 24.3. The summed E-state index contributed by atoms with van der Waals surface area (Å²) in [4.78, 5) is 24.0. The van der Waals surface area contributed by atoms with E-state index < -0.39 is 5.97 Å². The van der Waals surface area contributed by atoms with Gasteiger partial charge in [-0.25, -0.2) is 0 Å². The van der Waals surface area contributed by atoms with Gasteiger partial charge >= 0.3 is 29.0 Å². The molecular weight excluding hydrogens is 333 g/mol. The number of aliphatic hydroxyl groups is 1. The average molecular weight is 371 g/mol. The van der Waals surface area contributed by atoms with Gasteiger partial charge in [-0.05, 0) is 6.42 Å². The van der Waals surface area contributed by atoms with E-state index in [4.69, 9.17) is 10.2 Å². The summed E-state index contributed by atoms with van der Waals surface area (Å²) < 4.78 is 0. The number of unbranched alkanes of at least 4 members (excludes halogenated alkanes) is 8. The average Bonchev–Trinajstić information content (AvgIpc) is 2.53. The number of amides is 1. The molecule has 0 unspecified atom stereocenters. The Bertz CT molecular complexity index is 330. The van der Waals surface area contributed by atoms with E-state index in [0.717, 1.165) is 12.8 Å². The number of aliphatic hydroxyl groups excluding tert-OH is 1. The maximum Gasteiger partial charge on any atom is 0.317 e. The molecule has 0 aromatic rings. The molecular formula is C18H38MgN2O4. The molecule has 0 aliphatic rings. The van der Waals surface area contributed by atoms with Crippen molar-refractivity contribution in [2.24, 2.45) is 0 Å². The van der Waals surface area contributed by atoms with Crippen LogP contribution in [0.25, 0.3) is 0 Å². The van der Waals surface area contributed by atoms with Crippen LogP contribution in [0.2, 0.25) is 0 Å². The normalized spacial score (nSPS) is 10.5.